The molecule has 2 fully saturated rings. The molecule has 26 heavy (non-hydrogen) atoms. The summed E-state index contributed by atoms with van der Waals surface area (Å²) in [6.07, 6.45) is 3.36. The van der Waals surface area contributed by atoms with Gasteiger partial charge in [0.25, 0.3) is 5.91 Å². The Labute approximate surface area is 153 Å². The van der Waals surface area contributed by atoms with Crippen molar-refractivity contribution in [1.82, 2.24) is 9.88 Å². The molecule has 5 heteroatoms. The van der Waals surface area contributed by atoms with E-state index in [0.717, 1.165) is 37.1 Å². The second-order valence-electron chi connectivity index (χ2n) is 7.36. The van der Waals surface area contributed by atoms with Gasteiger partial charge in [0, 0.05) is 29.0 Å². The van der Waals surface area contributed by atoms with Crippen molar-refractivity contribution in [3.63, 3.8) is 0 Å². The predicted octanol–water partition coefficient (Wildman–Crippen LogP) is 3.62. The van der Waals surface area contributed by atoms with E-state index in [9.17, 15) is 9.59 Å². The molecule has 1 aromatic heterocycles. The van der Waals surface area contributed by atoms with Crippen LogP contribution in [-0.4, -0.2) is 22.5 Å². The van der Waals surface area contributed by atoms with Gasteiger partial charge in [-0.05, 0) is 45.6 Å². The number of esters is 1. The van der Waals surface area contributed by atoms with Gasteiger partial charge in [-0.3, -0.25) is 4.79 Å². The fraction of sp³-hybridized carbons (Fsp3) is 0.429. The summed E-state index contributed by atoms with van der Waals surface area (Å²) in [7, 11) is 0. The molecule has 0 radical (unpaired) electrons. The molecule has 0 aliphatic heterocycles. The lowest BCUT2D eigenvalue weighted by molar-refractivity contribution is -0.130. The highest BCUT2D eigenvalue weighted by Crippen LogP contribution is 2.38. The van der Waals surface area contributed by atoms with E-state index in [2.05, 4.69) is 9.88 Å². The van der Waals surface area contributed by atoms with Crippen molar-refractivity contribution in [2.75, 3.05) is 0 Å². The third-order valence-corrected chi connectivity index (χ3v) is 5.11. The van der Waals surface area contributed by atoms with Crippen LogP contribution in [0.3, 0.4) is 0 Å². The van der Waals surface area contributed by atoms with Crippen LogP contribution in [0.25, 0.3) is 0 Å². The first-order chi connectivity index (χ1) is 12.5. The maximum absolute atomic E-state index is 12.8. The van der Waals surface area contributed by atoms with E-state index < -0.39 is 12.1 Å². The van der Waals surface area contributed by atoms with Gasteiger partial charge < -0.3 is 14.6 Å². The average molecular weight is 352 g/mol. The van der Waals surface area contributed by atoms with Gasteiger partial charge in [0.15, 0.2) is 0 Å². The van der Waals surface area contributed by atoms with E-state index in [1.807, 2.05) is 50.2 Å². The van der Waals surface area contributed by atoms with Crippen molar-refractivity contribution in [2.24, 2.45) is 0 Å². The molecule has 5 nitrogen and oxygen atoms in total. The molecule has 1 heterocycles. The van der Waals surface area contributed by atoms with E-state index in [1.54, 1.807) is 0 Å². The Balaban J connectivity index is 1.58. The standard InChI is InChI=1S/C21H24N2O3/c1-13-12-18(14(2)23(13)17-10-11-17)21(25)26-19(15-6-4-3-5-7-15)20(24)22-16-8-9-16/h3-7,12,16-17,19H,8-11H2,1-2H3,(H,22,24)/t19-/m1/s1. The lowest BCUT2D eigenvalue weighted by Gasteiger charge is -2.18. The SMILES string of the molecule is Cc1cc(C(=O)O[C@@H](C(=O)NC2CC2)c2ccccc2)c(C)n1C1CC1. The number of carbonyl (C=O) groups is 2. The van der Waals surface area contributed by atoms with Gasteiger partial charge in [0.1, 0.15) is 0 Å². The Hall–Kier alpha value is -2.56. The Morgan fingerprint density at radius 2 is 1.81 bits per heavy atom. The van der Waals surface area contributed by atoms with Crippen LogP contribution >= 0.6 is 0 Å². The molecular weight excluding hydrogens is 328 g/mol. The molecule has 0 bridgehead atoms. The summed E-state index contributed by atoms with van der Waals surface area (Å²) in [6, 6.07) is 11.8. The zero-order valence-electron chi connectivity index (χ0n) is 15.2. The van der Waals surface area contributed by atoms with Crippen molar-refractivity contribution >= 4 is 11.9 Å². The van der Waals surface area contributed by atoms with E-state index in [1.165, 1.54) is 0 Å². The summed E-state index contributed by atoms with van der Waals surface area (Å²) in [5, 5.41) is 2.95. The second-order valence-corrected chi connectivity index (χ2v) is 7.36. The Kier molecular flexibility index (Phi) is 4.31. The number of ether oxygens (including phenoxy) is 1. The summed E-state index contributed by atoms with van der Waals surface area (Å²) in [5.74, 6) is -0.687. The van der Waals surface area contributed by atoms with Gasteiger partial charge in [0.05, 0.1) is 5.56 Å². The first-order valence-corrected chi connectivity index (χ1v) is 9.29. The van der Waals surface area contributed by atoms with Gasteiger partial charge in [-0.15, -0.1) is 0 Å². The van der Waals surface area contributed by atoms with Gasteiger partial charge in [0.2, 0.25) is 6.10 Å². The van der Waals surface area contributed by atoms with Crippen LogP contribution in [-0.2, 0) is 9.53 Å². The number of benzene rings is 1. The molecule has 1 aromatic carbocycles. The molecule has 4 rings (SSSR count). The maximum Gasteiger partial charge on any atom is 0.341 e. The summed E-state index contributed by atoms with van der Waals surface area (Å²) in [4.78, 5) is 25.5. The van der Waals surface area contributed by atoms with Gasteiger partial charge >= 0.3 is 5.97 Å². The van der Waals surface area contributed by atoms with Crippen LogP contribution in [0.15, 0.2) is 36.4 Å². The van der Waals surface area contributed by atoms with E-state index in [-0.39, 0.29) is 11.9 Å². The fourth-order valence-electron chi connectivity index (χ4n) is 3.45. The topological polar surface area (TPSA) is 60.3 Å². The molecule has 136 valence electrons. The maximum atomic E-state index is 12.8. The first-order valence-electron chi connectivity index (χ1n) is 9.29. The Morgan fingerprint density at radius 1 is 1.12 bits per heavy atom. The summed E-state index contributed by atoms with van der Waals surface area (Å²) >= 11 is 0. The minimum Gasteiger partial charge on any atom is -0.444 e. The molecule has 1 amide bonds. The summed E-state index contributed by atoms with van der Waals surface area (Å²) in [5.41, 5.74) is 3.23. The van der Waals surface area contributed by atoms with Crippen molar-refractivity contribution in [3.05, 3.63) is 58.9 Å². The predicted molar refractivity (Wildman–Crippen MR) is 97.9 cm³/mol. The van der Waals surface area contributed by atoms with Crippen LogP contribution < -0.4 is 5.32 Å². The lowest BCUT2D eigenvalue weighted by Crippen LogP contribution is -2.33. The number of nitrogens with zero attached hydrogens (tertiary/aromatic N) is 1. The Bertz CT molecular complexity index is 832. The molecule has 2 aliphatic rings. The third kappa shape index (κ3) is 3.39. The van der Waals surface area contributed by atoms with Gasteiger partial charge in [-0.2, -0.15) is 0 Å². The van der Waals surface area contributed by atoms with Crippen molar-refractivity contribution < 1.29 is 14.3 Å². The average Bonchev–Trinajstić information content (AvgIpc) is 3.55. The normalized spacial score (nSPS) is 17.6. The number of aryl methyl sites for hydroxylation is 1. The summed E-state index contributed by atoms with van der Waals surface area (Å²) < 4.78 is 7.90. The van der Waals surface area contributed by atoms with E-state index in [0.29, 0.717) is 17.2 Å². The molecule has 2 aliphatic carbocycles. The lowest BCUT2D eigenvalue weighted by atomic mass is 10.1. The largest absolute Gasteiger partial charge is 0.444 e. The van der Waals surface area contributed by atoms with E-state index in [4.69, 9.17) is 4.74 Å². The first kappa shape index (κ1) is 16.9. The van der Waals surface area contributed by atoms with Crippen LogP contribution in [0, 0.1) is 13.8 Å². The highest BCUT2D eigenvalue weighted by molar-refractivity contribution is 5.94. The number of aromatic nitrogens is 1. The minimum atomic E-state index is -0.923. The smallest absolute Gasteiger partial charge is 0.341 e. The summed E-state index contributed by atoms with van der Waals surface area (Å²) in [6.45, 7) is 3.96. The van der Waals surface area contributed by atoms with Crippen LogP contribution in [0.4, 0.5) is 0 Å². The van der Waals surface area contributed by atoms with Crippen LogP contribution in [0.5, 0.6) is 0 Å². The van der Waals surface area contributed by atoms with Gasteiger partial charge in [-0.1, -0.05) is 30.3 Å². The second kappa shape index (κ2) is 6.63. The molecule has 0 saturated heterocycles. The molecular formula is C21H24N2O3. The number of hydrogen-bond donors (Lipinski definition) is 1. The highest BCUT2D eigenvalue weighted by atomic mass is 16.5. The minimum absolute atomic E-state index is 0.215. The monoisotopic (exact) mass is 352 g/mol. The van der Waals surface area contributed by atoms with Crippen LogP contribution in [0.2, 0.25) is 0 Å². The van der Waals surface area contributed by atoms with Crippen molar-refractivity contribution in [1.29, 1.82) is 0 Å². The number of carbonyl (C=O) groups excluding carboxylic acids is 2. The third-order valence-electron chi connectivity index (χ3n) is 5.11. The highest BCUT2D eigenvalue weighted by Gasteiger charge is 2.33. The zero-order valence-corrected chi connectivity index (χ0v) is 15.2. The van der Waals surface area contributed by atoms with Crippen molar-refractivity contribution in [3.8, 4) is 0 Å². The molecule has 0 spiro atoms. The van der Waals surface area contributed by atoms with Crippen molar-refractivity contribution in [2.45, 2.75) is 57.7 Å². The molecule has 2 aromatic rings. The van der Waals surface area contributed by atoms with E-state index >= 15 is 0 Å². The number of hydrogen-bond acceptors (Lipinski definition) is 3. The molecule has 0 unspecified atom stereocenters. The Morgan fingerprint density at radius 3 is 2.42 bits per heavy atom. The fourth-order valence-corrected chi connectivity index (χ4v) is 3.45. The number of amides is 1. The molecule has 1 N–H and O–H groups in total. The van der Waals surface area contributed by atoms with Crippen LogP contribution in [0.1, 0.15) is 65.1 Å². The molecule has 2 saturated carbocycles. The van der Waals surface area contributed by atoms with Gasteiger partial charge in [-0.25, -0.2) is 4.79 Å². The quantitative estimate of drug-likeness (QED) is 0.808. The number of rotatable bonds is 6. The zero-order chi connectivity index (χ0) is 18.3. The number of nitrogens with one attached hydrogen (secondary N) is 1. The molecule has 1 atom stereocenters.